The average molecular weight is 247 g/mol. The van der Waals surface area contributed by atoms with Crippen molar-refractivity contribution in [1.29, 1.82) is 0 Å². The molecule has 4 heteroatoms. The molecule has 0 saturated heterocycles. The van der Waals surface area contributed by atoms with E-state index in [9.17, 15) is 14.7 Å². The largest absolute Gasteiger partial charge is 0.479 e. The number of carboxylic acid groups (broad SMARTS) is 1. The van der Waals surface area contributed by atoms with Crippen molar-refractivity contribution in [2.75, 3.05) is 4.90 Å². The van der Waals surface area contributed by atoms with Gasteiger partial charge in [0.25, 0.3) is 0 Å². The number of amides is 1. The third kappa shape index (κ3) is 1.60. The topological polar surface area (TPSA) is 57.6 Å². The molecule has 0 unspecified atom stereocenters. The Morgan fingerprint density at radius 1 is 1.33 bits per heavy atom. The molecule has 96 valence electrons. The molecule has 1 amide bonds. The van der Waals surface area contributed by atoms with Gasteiger partial charge in [0.2, 0.25) is 5.91 Å². The van der Waals surface area contributed by atoms with Gasteiger partial charge in [0.05, 0.1) is 6.42 Å². The van der Waals surface area contributed by atoms with Crippen molar-refractivity contribution in [3.63, 3.8) is 0 Å². The Bertz CT molecular complexity index is 492. The number of para-hydroxylation sites is 1. The highest BCUT2D eigenvalue weighted by Gasteiger charge is 2.47. The Kier molecular flexibility index (Phi) is 3.11. The second kappa shape index (κ2) is 4.44. The number of rotatable bonds is 4. The number of benzene rings is 1. The maximum atomic E-state index is 12.2. The summed E-state index contributed by atoms with van der Waals surface area (Å²) in [5.74, 6) is -1.06. The molecule has 1 aliphatic heterocycles. The number of fused-ring (bicyclic) bond motifs is 1. The van der Waals surface area contributed by atoms with Crippen molar-refractivity contribution in [2.45, 2.75) is 38.6 Å². The fourth-order valence-corrected chi connectivity index (χ4v) is 2.69. The molecule has 0 aliphatic carbocycles. The van der Waals surface area contributed by atoms with E-state index in [2.05, 4.69) is 0 Å². The zero-order valence-corrected chi connectivity index (χ0v) is 10.6. The summed E-state index contributed by atoms with van der Waals surface area (Å²) in [4.78, 5) is 25.3. The van der Waals surface area contributed by atoms with E-state index in [-0.39, 0.29) is 5.91 Å². The molecule has 0 radical (unpaired) electrons. The van der Waals surface area contributed by atoms with Gasteiger partial charge in [0.1, 0.15) is 5.54 Å². The highest BCUT2D eigenvalue weighted by molar-refractivity contribution is 6.07. The SMILES string of the molecule is CCC(CC)(C(=O)O)N1C(=O)Cc2ccccc21. The molecule has 1 heterocycles. The summed E-state index contributed by atoms with van der Waals surface area (Å²) >= 11 is 0. The Morgan fingerprint density at radius 3 is 2.50 bits per heavy atom. The molecule has 0 aromatic heterocycles. The van der Waals surface area contributed by atoms with Crippen molar-refractivity contribution in [3.8, 4) is 0 Å². The molecule has 0 saturated carbocycles. The predicted molar refractivity (Wildman–Crippen MR) is 68.6 cm³/mol. The summed E-state index contributed by atoms with van der Waals surface area (Å²) in [6, 6.07) is 7.41. The van der Waals surface area contributed by atoms with Crippen molar-refractivity contribution in [1.82, 2.24) is 0 Å². The van der Waals surface area contributed by atoms with Crippen LogP contribution in [0.25, 0.3) is 0 Å². The van der Waals surface area contributed by atoms with E-state index >= 15 is 0 Å². The Hall–Kier alpha value is -1.84. The van der Waals surface area contributed by atoms with E-state index in [1.165, 1.54) is 4.90 Å². The summed E-state index contributed by atoms with van der Waals surface area (Å²) in [6.07, 6.45) is 1.10. The first kappa shape index (κ1) is 12.6. The lowest BCUT2D eigenvalue weighted by atomic mass is 9.90. The molecule has 0 bridgehead atoms. The number of hydrogen-bond acceptors (Lipinski definition) is 2. The molecule has 1 N–H and O–H groups in total. The van der Waals surface area contributed by atoms with Crippen LogP contribution in [0.3, 0.4) is 0 Å². The summed E-state index contributed by atoms with van der Waals surface area (Å²) in [7, 11) is 0. The van der Waals surface area contributed by atoms with E-state index in [4.69, 9.17) is 0 Å². The average Bonchev–Trinajstić information content (AvgIpc) is 2.69. The Labute approximate surface area is 106 Å². The predicted octanol–water partition coefficient (Wildman–Crippen LogP) is 2.22. The standard InChI is InChI=1S/C14H17NO3/c1-3-14(4-2,13(17)18)15-11-8-6-5-7-10(11)9-12(15)16/h5-8H,3-4,9H2,1-2H3,(H,17,18). The minimum absolute atomic E-state index is 0.123. The lowest BCUT2D eigenvalue weighted by Crippen LogP contribution is -2.55. The second-order valence-corrected chi connectivity index (χ2v) is 4.58. The van der Waals surface area contributed by atoms with Crippen LogP contribution >= 0.6 is 0 Å². The minimum Gasteiger partial charge on any atom is -0.479 e. The number of carboxylic acids is 1. The number of carbonyl (C=O) groups is 2. The fraction of sp³-hybridized carbons (Fsp3) is 0.429. The van der Waals surface area contributed by atoms with Crippen molar-refractivity contribution in [2.24, 2.45) is 0 Å². The van der Waals surface area contributed by atoms with E-state index in [1.807, 2.05) is 38.1 Å². The molecular formula is C14H17NO3. The van der Waals surface area contributed by atoms with Gasteiger partial charge < -0.3 is 5.11 Å². The maximum Gasteiger partial charge on any atom is 0.329 e. The van der Waals surface area contributed by atoms with Gasteiger partial charge in [-0.1, -0.05) is 32.0 Å². The first-order valence-electron chi connectivity index (χ1n) is 6.21. The van der Waals surface area contributed by atoms with E-state index in [1.54, 1.807) is 0 Å². The third-order valence-corrected chi connectivity index (χ3v) is 3.82. The molecule has 1 aromatic rings. The molecule has 4 nitrogen and oxygen atoms in total. The summed E-state index contributed by atoms with van der Waals surface area (Å²) in [5.41, 5.74) is 0.535. The fourth-order valence-electron chi connectivity index (χ4n) is 2.69. The van der Waals surface area contributed by atoms with Gasteiger partial charge >= 0.3 is 5.97 Å². The molecule has 0 atom stereocenters. The molecular weight excluding hydrogens is 230 g/mol. The number of hydrogen-bond donors (Lipinski definition) is 1. The van der Waals surface area contributed by atoms with E-state index in [0.29, 0.717) is 19.3 Å². The molecule has 18 heavy (non-hydrogen) atoms. The molecule has 1 aliphatic rings. The molecule has 0 fully saturated rings. The second-order valence-electron chi connectivity index (χ2n) is 4.58. The Balaban J connectivity index is 2.56. The van der Waals surface area contributed by atoms with Crippen LogP contribution in [0.2, 0.25) is 0 Å². The highest BCUT2D eigenvalue weighted by Crippen LogP contribution is 2.37. The number of nitrogens with zero attached hydrogens (tertiary/aromatic N) is 1. The summed E-state index contributed by atoms with van der Waals surface area (Å²) in [6.45, 7) is 3.62. The normalized spacial score (nSPS) is 14.8. The number of carbonyl (C=O) groups excluding carboxylic acids is 1. The number of aliphatic carboxylic acids is 1. The molecule has 0 spiro atoms. The quantitative estimate of drug-likeness (QED) is 0.887. The molecule has 1 aromatic carbocycles. The lowest BCUT2D eigenvalue weighted by molar-refractivity contribution is -0.145. The monoisotopic (exact) mass is 247 g/mol. The van der Waals surface area contributed by atoms with Gasteiger partial charge in [-0.3, -0.25) is 9.69 Å². The van der Waals surface area contributed by atoms with Crippen molar-refractivity contribution in [3.05, 3.63) is 29.8 Å². The maximum absolute atomic E-state index is 12.2. The van der Waals surface area contributed by atoms with Crippen LogP contribution in [0.5, 0.6) is 0 Å². The van der Waals surface area contributed by atoms with Gasteiger partial charge in [-0.05, 0) is 24.5 Å². The summed E-state index contributed by atoms with van der Waals surface area (Å²) < 4.78 is 0. The minimum atomic E-state index is -1.12. The first-order valence-corrected chi connectivity index (χ1v) is 6.21. The smallest absolute Gasteiger partial charge is 0.329 e. The van der Waals surface area contributed by atoms with Gasteiger partial charge in [-0.15, -0.1) is 0 Å². The first-order chi connectivity index (χ1) is 8.56. The van der Waals surface area contributed by atoms with Gasteiger partial charge in [-0.2, -0.15) is 0 Å². The third-order valence-electron chi connectivity index (χ3n) is 3.82. The zero-order valence-electron chi connectivity index (χ0n) is 10.6. The van der Waals surface area contributed by atoms with Crippen LogP contribution in [0.1, 0.15) is 32.3 Å². The van der Waals surface area contributed by atoms with Crippen molar-refractivity contribution >= 4 is 17.6 Å². The Morgan fingerprint density at radius 2 is 1.94 bits per heavy atom. The number of anilines is 1. The van der Waals surface area contributed by atoms with Gasteiger partial charge in [-0.25, -0.2) is 4.79 Å². The van der Waals surface area contributed by atoms with Crippen LogP contribution in [0, 0.1) is 0 Å². The highest BCUT2D eigenvalue weighted by atomic mass is 16.4. The van der Waals surface area contributed by atoms with Crippen LogP contribution in [0.4, 0.5) is 5.69 Å². The van der Waals surface area contributed by atoms with Crippen LogP contribution in [-0.2, 0) is 16.0 Å². The van der Waals surface area contributed by atoms with Crippen LogP contribution < -0.4 is 4.90 Å². The van der Waals surface area contributed by atoms with E-state index in [0.717, 1.165) is 11.3 Å². The van der Waals surface area contributed by atoms with Gasteiger partial charge in [0.15, 0.2) is 0 Å². The summed E-state index contributed by atoms with van der Waals surface area (Å²) in [5, 5.41) is 9.53. The molecule has 2 rings (SSSR count). The zero-order chi connectivity index (χ0) is 13.3. The lowest BCUT2D eigenvalue weighted by Gasteiger charge is -2.37. The van der Waals surface area contributed by atoms with Crippen LogP contribution in [0.15, 0.2) is 24.3 Å². The van der Waals surface area contributed by atoms with Crippen LogP contribution in [-0.4, -0.2) is 22.5 Å². The van der Waals surface area contributed by atoms with Gasteiger partial charge in [0, 0.05) is 5.69 Å². The van der Waals surface area contributed by atoms with E-state index < -0.39 is 11.5 Å². The van der Waals surface area contributed by atoms with Crippen molar-refractivity contribution < 1.29 is 14.7 Å².